The summed E-state index contributed by atoms with van der Waals surface area (Å²) >= 11 is 0. The zero-order chi connectivity index (χ0) is 12.3. The molecule has 0 aromatic rings. The first-order valence-corrected chi connectivity index (χ1v) is 7.19. The van der Waals surface area contributed by atoms with Gasteiger partial charge in [0.15, 0.2) is 0 Å². The molecule has 2 aliphatic carbocycles. The second-order valence-electron chi connectivity index (χ2n) is 5.95. The van der Waals surface area contributed by atoms with Crippen molar-refractivity contribution < 1.29 is 4.79 Å². The van der Waals surface area contributed by atoms with E-state index in [2.05, 4.69) is 24.5 Å². The van der Waals surface area contributed by atoms with Crippen LogP contribution >= 0.6 is 0 Å². The third-order valence-corrected chi connectivity index (χ3v) is 4.72. The molecular formula is C14H26N2O. The van der Waals surface area contributed by atoms with Crippen LogP contribution in [0.25, 0.3) is 0 Å². The molecule has 3 nitrogen and oxygen atoms in total. The molecule has 2 aliphatic rings. The fourth-order valence-corrected chi connectivity index (χ4v) is 3.19. The average Bonchev–Trinajstić information content (AvgIpc) is 2.92. The van der Waals surface area contributed by atoms with Crippen molar-refractivity contribution in [3.63, 3.8) is 0 Å². The second kappa shape index (κ2) is 5.85. The maximum absolute atomic E-state index is 11.8. The minimum Gasteiger partial charge on any atom is -0.352 e. The van der Waals surface area contributed by atoms with Gasteiger partial charge in [0.2, 0.25) is 5.91 Å². The van der Waals surface area contributed by atoms with Crippen molar-refractivity contribution in [3.05, 3.63) is 0 Å². The molecule has 17 heavy (non-hydrogen) atoms. The molecule has 1 amide bonds. The predicted molar refractivity (Wildman–Crippen MR) is 69.8 cm³/mol. The highest BCUT2D eigenvalue weighted by Crippen LogP contribution is 2.30. The first-order chi connectivity index (χ1) is 8.16. The molecule has 0 heterocycles. The van der Waals surface area contributed by atoms with Gasteiger partial charge in [-0.05, 0) is 37.5 Å². The van der Waals surface area contributed by atoms with Gasteiger partial charge in [0.25, 0.3) is 0 Å². The van der Waals surface area contributed by atoms with E-state index >= 15 is 0 Å². The summed E-state index contributed by atoms with van der Waals surface area (Å²) in [6.07, 6.45) is 7.51. The predicted octanol–water partition coefficient (Wildman–Crippen LogP) is 2.07. The van der Waals surface area contributed by atoms with Gasteiger partial charge in [-0.3, -0.25) is 4.79 Å². The van der Waals surface area contributed by atoms with E-state index in [1.807, 2.05) is 0 Å². The molecule has 0 aromatic heterocycles. The first kappa shape index (κ1) is 12.9. The SMILES string of the molecule is CC1CCC(NC(=O)CNC2CCCC2)C1C. The Morgan fingerprint density at radius 3 is 2.41 bits per heavy atom. The van der Waals surface area contributed by atoms with Crippen LogP contribution in [0.4, 0.5) is 0 Å². The number of nitrogens with one attached hydrogen (secondary N) is 2. The summed E-state index contributed by atoms with van der Waals surface area (Å²) in [6.45, 7) is 5.04. The van der Waals surface area contributed by atoms with Crippen LogP contribution in [0, 0.1) is 11.8 Å². The molecular weight excluding hydrogens is 212 g/mol. The highest BCUT2D eigenvalue weighted by atomic mass is 16.2. The molecule has 0 radical (unpaired) electrons. The molecule has 3 heteroatoms. The maximum atomic E-state index is 11.8. The van der Waals surface area contributed by atoms with Crippen LogP contribution in [-0.2, 0) is 4.79 Å². The number of hydrogen-bond donors (Lipinski definition) is 2. The van der Waals surface area contributed by atoms with Crippen LogP contribution in [0.1, 0.15) is 52.4 Å². The van der Waals surface area contributed by atoms with Crippen molar-refractivity contribution in [2.24, 2.45) is 11.8 Å². The van der Waals surface area contributed by atoms with Crippen LogP contribution in [0.3, 0.4) is 0 Å². The maximum Gasteiger partial charge on any atom is 0.234 e. The normalized spacial score (nSPS) is 34.1. The Kier molecular flexibility index (Phi) is 4.43. The molecule has 0 saturated heterocycles. The van der Waals surface area contributed by atoms with Gasteiger partial charge in [0, 0.05) is 12.1 Å². The lowest BCUT2D eigenvalue weighted by atomic mass is 9.98. The third kappa shape index (κ3) is 3.44. The van der Waals surface area contributed by atoms with Crippen molar-refractivity contribution in [1.29, 1.82) is 0 Å². The minimum absolute atomic E-state index is 0.183. The van der Waals surface area contributed by atoms with E-state index < -0.39 is 0 Å². The van der Waals surface area contributed by atoms with Crippen molar-refractivity contribution in [2.45, 2.75) is 64.5 Å². The quantitative estimate of drug-likeness (QED) is 0.787. The highest BCUT2D eigenvalue weighted by molar-refractivity contribution is 5.78. The number of rotatable bonds is 4. The molecule has 2 rings (SSSR count). The minimum atomic E-state index is 0.183. The van der Waals surface area contributed by atoms with Gasteiger partial charge in [-0.1, -0.05) is 26.7 Å². The van der Waals surface area contributed by atoms with Crippen molar-refractivity contribution in [2.75, 3.05) is 6.54 Å². The number of carbonyl (C=O) groups excluding carboxylic acids is 1. The lowest BCUT2D eigenvalue weighted by Gasteiger charge is -2.20. The molecule has 0 aliphatic heterocycles. The van der Waals surface area contributed by atoms with E-state index in [1.54, 1.807) is 0 Å². The Morgan fingerprint density at radius 1 is 1.12 bits per heavy atom. The van der Waals surface area contributed by atoms with Gasteiger partial charge in [0.1, 0.15) is 0 Å². The van der Waals surface area contributed by atoms with E-state index in [9.17, 15) is 4.79 Å². The molecule has 2 N–H and O–H groups in total. The van der Waals surface area contributed by atoms with Crippen molar-refractivity contribution in [1.82, 2.24) is 10.6 Å². The van der Waals surface area contributed by atoms with Crippen LogP contribution < -0.4 is 10.6 Å². The van der Waals surface area contributed by atoms with Crippen LogP contribution in [0.15, 0.2) is 0 Å². The van der Waals surface area contributed by atoms with Crippen LogP contribution in [0.5, 0.6) is 0 Å². The van der Waals surface area contributed by atoms with Gasteiger partial charge >= 0.3 is 0 Å². The topological polar surface area (TPSA) is 41.1 Å². The van der Waals surface area contributed by atoms with E-state index in [0.717, 1.165) is 12.3 Å². The summed E-state index contributed by atoms with van der Waals surface area (Å²) in [6, 6.07) is 0.989. The summed E-state index contributed by atoms with van der Waals surface area (Å²) in [7, 11) is 0. The van der Waals surface area contributed by atoms with E-state index in [1.165, 1.54) is 32.1 Å². The molecule has 0 bridgehead atoms. The smallest absolute Gasteiger partial charge is 0.234 e. The highest BCUT2D eigenvalue weighted by Gasteiger charge is 2.30. The standard InChI is InChI=1S/C14H26N2O/c1-10-7-8-13(11(10)2)16-14(17)9-15-12-5-3-4-6-12/h10-13,15H,3-9H2,1-2H3,(H,16,17). The molecule has 3 atom stereocenters. The van der Waals surface area contributed by atoms with Crippen molar-refractivity contribution >= 4 is 5.91 Å². The monoisotopic (exact) mass is 238 g/mol. The molecule has 2 fully saturated rings. The molecule has 0 aromatic carbocycles. The third-order valence-electron chi connectivity index (χ3n) is 4.72. The average molecular weight is 238 g/mol. The Morgan fingerprint density at radius 2 is 1.82 bits per heavy atom. The number of amides is 1. The van der Waals surface area contributed by atoms with Crippen LogP contribution in [0.2, 0.25) is 0 Å². The molecule has 0 spiro atoms. The van der Waals surface area contributed by atoms with Gasteiger partial charge in [-0.2, -0.15) is 0 Å². The molecule has 2 saturated carbocycles. The fourth-order valence-electron chi connectivity index (χ4n) is 3.19. The summed E-state index contributed by atoms with van der Waals surface area (Å²) in [5, 5.41) is 6.55. The first-order valence-electron chi connectivity index (χ1n) is 7.19. The summed E-state index contributed by atoms with van der Waals surface area (Å²) in [5.41, 5.74) is 0. The molecule has 3 unspecified atom stereocenters. The zero-order valence-corrected chi connectivity index (χ0v) is 11.2. The van der Waals surface area contributed by atoms with Gasteiger partial charge in [-0.15, -0.1) is 0 Å². The van der Waals surface area contributed by atoms with Gasteiger partial charge in [-0.25, -0.2) is 0 Å². The molecule has 98 valence electrons. The van der Waals surface area contributed by atoms with Crippen molar-refractivity contribution in [3.8, 4) is 0 Å². The second-order valence-corrected chi connectivity index (χ2v) is 5.95. The Balaban J connectivity index is 1.66. The van der Waals surface area contributed by atoms with Crippen LogP contribution in [-0.4, -0.2) is 24.5 Å². The summed E-state index contributed by atoms with van der Waals surface area (Å²) < 4.78 is 0. The Labute approximate surface area is 105 Å². The number of carbonyl (C=O) groups is 1. The summed E-state index contributed by atoms with van der Waals surface area (Å²) in [5.74, 6) is 1.57. The van der Waals surface area contributed by atoms with Gasteiger partial charge < -0.3 is 10.6 Å². The fraction of sp³-hybridized carbons (Fsp3) is 0.929. The van der Waals surface area contributed by atoms with Gasteiger partial charge in [0.05, 0.1) is 6.54 Å². The van der Waals surface area contributed by atoms with E-state index in [-0.39, 0.29) is 5.91 Å². The van der Waals surface area contributed by atoms with E-state index in [0.29, 0.717) is 24.5 Å². The lowest BCUT2D eigenvalue weighted by molar-refractivity contribution is -0.121. The largest absolute Gasteiger partial charge is 0.352 e. The Bertz CT molecular complexity index is 261. The lowest BCUT2D eigenvalue weighted by Crippen LogP contribution is -2.43. The number of hydrogen-bond acceptors (Lipinski definition) is 2. The zero-order valence-electron chi connectivity index (χ0n) is 11.2. The Hall–Kier alpha value is -0.570. The van der Waals surface area contributed by atoms with E-state index in [4.69, 9.17) is 0 Å². The summed E-state index contributed by atoms with van der Waals surface area (Å²) in [4.78, 5) is 11.8.